The number of aromatic nitrogens is 4. The maximum atomic E-state index is 12.0. The summed E-state index contributed by atoms with van der Waals surface area (Å²) in [5, 5.41) is 7.77. The van der Waals surface area contributed by atoms with Gasteiger partial charge in [0.05, 0.1) is 12.2 Å². The molecule has 2 aromatic heterocycles. The molecule has 3 rings (SSSR count). The molecule has 7 nitrogen and oxygen atoms in total. The Morgan fingerprint density at radius 3 is 2.76 bits per heavy atom. The van der Waals surface area contributed by atoms with Crippen LogP contribution in [0.2, 0.25) is 0 Å². The first-order chi connectivity index (χ1) is 11.8. The molecule has 0 spiro atoms. The number of hydrogen-bond acceptors (Lipinski definition) is 5. The number of amides is 1. The molecule has 25 heavy (non-hydrogen) atoms. The number of rotatable bonds is 5. The first-order valence-electron chi connectivity index (χ1n) is 8.96. The first-order valence-corrected chi connectivity index (χ1v) is 8.96. The summed E-state index contributed by atoms with van der Waals surface area (Å²) in [5.41, 5.74) is 2.73. The fraction of sp³-hybridized carbons (Fsp3) is 0.667. The number of likely N-dealkylation sites (tertiary alicyclic amines) is 1. The van der Waals surface area contributed by atoms with Crippen molar-refractivity contribution in [2.45, 2.75) is 46.1 Å². The second kappa shape index (κ2) is 7.07. The van der Waals surface area contributed by atoms with E-state index in [9.17, 15) is 4.79 Å². The largest absolute Gasteiger partial charge is 0.354 e. The van der Waals surface area contributed by atoms with E-state index in [1.54, 1.807) is 12.4 Å². The molecular formula is C18H28N6O. The molecule has 1 aliphatic rings. The standard InChI is InChI=1S/C18H28N6O/c1-18(2,3)11-14(25)19-8-10-24-17-16(20-6-7-21-17)15(22-24)13-5-9-23(4)12-13/h6-7,13H,5,8-12H2,1-4H3,(H,19,25)/t13-/m0/s1. The van der Waals surface area contributed by atoms with Crippen LogP contribution in [-0.2, 0) is 11.3 Å². The van der Waals surface area contributed by atoms with Crippen molar-refractivity contribution in [3.05, 3.63) is 18.1 Å². The normalized spacial score (nSPS) is 18.8. The summed E-state index contributed by atoms with van der Waals surface area (Å²) in [5.74, 6) is 0.480. The Bertz CT molecular complexity index is 748. The minimum absolute atomic E-state index is 0.00434. The van der Waals surface area contributed by atoms with Gasteiger partial charge in [0.15, 0.2) is 5.65 Å². The van der Waals surface area contributed by atoms with Crippen molar-refractivity contribution in [3.8, 4) is 0 Å². The zero-order chi connectivity index (χ0) is 18.0. The summed E-state index contributed by atoms with van der Waals surface area (Å²) in [6.07, 6.45) is 5.04. The molecule has 136 valence electrons. The van der Waals surface area contributed by atoms with E-state index >= 15 is 0 Å². The highest BCUT2D eigenvalue weighted by Crippen LogP contribution is 2.29. The topological polar surface area (TPSA) is 75.9 Å². The Hall–Kier alpha value is -2.02. The monoisotopic (exact) mass is 344 g/mol. The van der Waals surface area contributed by atoms with Crippen molar-refractivity contribution in [1.29, 1.82) is 0 Å². The van der Waals surface area contributed by atoms with Crippen molar-refractivity contribution in [2.24, 2.45) is 5.41 Å². The number of nitrogens with one attached hydrogen (secondary N) is 1. The smallest absolute Gasteiger partial charge is 0.220 e. The minimum Gasteiger partial charge on any atom is -0.354 e. The molecule has 7 heteroatoms. The number of likely N-dealkylation sites (N-methyl/N-ethyl adjacent to an activating group) is 1. The van der Waals surface area contributed by atoms with Crippen LogP contribution in [0.15, 0.2) is 12.4 Å². The fourth-order valence-electron chi connectivity index (χ4n) is 3.36. The zero-order valence-corrected chi connectivity index (χ0v) is 15.6. The molecule has 1 N–H and O–H groups in total. The van der Waals surface area contributed by atoms with Crippen LogP contribution in [0, 0.1) is 5.41 Å². The highest BCUT2D eigenvalue weighted by atomic mass is 16.1. The lowest BCUT2D eigenvalue weighted by atomic mass is 9.92. The molecule has 0 saturated carbocycles. The van der Waals surface area contributed by atoms with Crippen LogP contribution in [0.4, 0.5) is 0 Å². The molecule has 0 bridgehead atoms. The highest BCUT2D eigenvalue weighted by Gasteiger charge is 2.27. The average Bonchev–Trinajstić information content (AvgIpc) is 3.10. The van der Waals surface area contributed by atoms with Gasteiger partial charge in [-0.15, -0.1) is 0 Å². The van der Waals surface area contributed by atoms with E-state index in [-0.39, 0.29) is 11.3 Å². The van der Waals surface area contributed by atoms with Crippen molar-refractivity contribution < 1.29 is 4.79 Å². The summed E-state index contributed by atoms with van der Waals surface area (Å²) in [7, 11) is 2.13. The van der Waals surface area contributed by atoms with Crippen molar-refractivity contribution in [2.75, 3.05) is 26.7 Å². The van der Waals surface area contributed by atoms with Gasteiger partial charge in [-0.25, -0.2) is 14.6 Å². The van der Waals surface area contributed by atoms with E-state index < -0.39 is 0 Å². The average molecular weight is 344 g/mol. The van der Waals surface area contributed by atoms with Crippen LogP contribution >= 0.6 is 0 Å². The molecule has 1 fully saturated rings. The van der Waals surface area contributed by atoms with Gasteiger partial charge in [-0.3, -0.25) is 4.79 Å². The van der Waals surface area contributed by atoms with Crippen LogP contribution in [0.1, 0.15) is 45.2 Å². The second-order valence-corrected chi connectivity index (χ2v) is 8.17. The van der Waals surface area contributed by atoms with Gasteiger partial charge in [-0.1, -0.05) is 20.8 Å². The lowest BCUT2D eigenvalue weighted by Crippen LogP contribution is -2.30. The Kier molecular flexibility index (Phi) is 5.03. The molecule has 3 heterocycles. The second-order valence-electron chi connectivity index (χ2n) is 8.17. The van der Waals surface area contributed by atoms with Crippen LogP contribution in [0.5, 0.6) is 0 Å². The molecule has 1 saturated heterocycles. The quantitative estimate of drug-likeness (QED) is 0.895. The van der Waals surface area contributed by atoms with E-state index in [4.69, 9.17) is 5.10 Å². The molecule has 1 atom stereocenters. The van der Waals surface area contributed by atoms with Gasteiger partial charge in [-0.05, 0) is 25.4 Å². The van der Waals surface area contributed by atoms with Crippen molar-refractivity contribution >= 4 is 17.1 Å². The molecule has 0 aromatic carbocycles. The predicted octanol–water partition coefficient (Wildman–Crippen LogP) is 1.80. The van der Waals surface area contributed by atoms with E-state index in [1.807, 2.05) is 4.68 Å². The summed E-state index contributed by atoms with van der Waals surface area (Å²) >= 11 is 0. The van der Waals surface area contributed by atoms with Crippen molar-refractivity contribution in [3.63, 3.8) is 0 Å². The third-order valence-corrected chi connectivity index (χ3v) is 4.51. The van der Waals surface area contributed by atoms with Gasteiger partial charge < -0.3 is 10.2 Å². The van der Waals surface area contributed by atoms with Gasteiger partial charge in [-0.2, -0.15) is 5.10 Å². The van der Waals surface area contributed by atoms with Gasteiger partial charge in [0.25, 0.3) is 0 Å². The molecular weight excluding hydrogens is 316 g/mol. The van der Waals surface area contributed by atoms with E-state index in [0.29, 0.717) is 25.4 Å². The predicted molar refractivity (Wildman–Crippen MR) is 97.3 cm³/mol. The Morgan fingerprint density at radius 1 is 1.32 bits per heavy atom. The number of fused-ring (bicyclic) bond motifs is 1. The molecule has 0 radical (unpaired) electrons. The first kappa shape index (κ1) is 17.8. The maximum Gasteiger partial charge on any atom is 0.220 e. The summed E-state index contributed by atoms with van der Waals surface area (Å²) in [6, 6.07) is 0. The maximum absolute atomic E-state index is 12.0. The highest BCUT2D eigenvalue weighted by molar-refractivity contribution is 5.76. The van der Waals surface area contributed by atoms with Gasteiger partial charge in [0, 0.05) is 37.8 Å². The molecule has 1 amide bonds. The minimum atomic E-state index is -0.00434. The fourth-order valence-corrected chi connectivity index (χ4v) is 3.36. The lowest BCUT2D eigenvalue weighted by molar-refractivity contribution is -0.122. The van der Waals surface area contributed by atoms with Crippen LogP contribution in [-0.4, -0.2) is 57.2 Å². The molecule has 0 aliphatic carbocycles. The van der Waals surface area contributed by atoms with E-state index in [2.05, 4.69) is 48.0 Å². The third kappa shape index (κ3) is 4.34. The van der Waals surface area contributed by atoms with Crippen LogP contribution < -0.4 is 5.32 Å². The number of carbonyl (C=O) groups excluding carboxylic acids is 1. The van der Waals surface area contributed by atoms with Gasteiger partial charge in [0.2, 0.25) is 5.91 Å². The molecule has 0 unspecified atom stereocenters. The summed E-state index contributed by atoms with van der Waals surface area (Å²) in [4.78, 5) is 23.3. The Morgan fingerprint density at radius 2 is 2.08 bits per heavy atom. The number of hydrogen-bond donors (Lipinski definition) is 1. The van der Waals surface area contributed by atoms with Gasteiger partial charge >= 0.3 is 0 Å². The molecule has 1 aliphatic heterocycles. The van der Waals surface area contributed by atoms with Gasteiger partial charge in [0.1, 0.15) is 5.52 Å². The van der Waals surface area contributed by atoms with Crippen LogP contribution in [0.25, 0.3) is 11.2 Å². The SMILES string of the molecule is CN1CC[C@H](c2nn(CCNC(=O)CC(C)(C)C)c3nccnc23)C1. The van der Waals surface area contributed by atoms with Crippen LogP contribution in [0.3, 0.4) is 0 Å². The summed E-state index contributed by atoms with van der Waals surface area (Å²) in [6.45, 7) is 9.43. The molecule has 2 aromatic rings. The Labute approximate surface area is 148 Å². The lowest BCUT2D eigenvalue weighted by Gasteiger charge is -2.17. The van der Waals surface area contributed by atoms with E-state index in [1.165, 1.54) is 0 Å². The number of carbonyl (C=O) groups is 1. The van der Waals surface area contributed by atoms with E-state index in [0.717, 1.165) is 36.4 Å². The zero-order valence-electron chi connectivity index (χ0n) is 15.6. The van der Waals surface area contributed by atoms with Crippen molar-refractivity contribution in [1.82, 2.24) is 30.0 Å². The summed E-state index contributed by atoms with van der Waals surface area (Å²) < 4.78 is 1.88. The number of nitrogens with zero attached hydrogens (tertiary/aromatic N) is 5. The Balaban J connectivity index is 1.70. The third-order valence-electron chi connectivity index (χ3n) is 4.51.